The highest BCUT2D eigenvalue weighted by atomic mass is 16.4. The van der Waals surface area contributed by atoms with E-state index in [1.54, 1.807) is 12.3 Å². The molecular weight excluding hydrogens is 424 g/mol. The number of nitrogens with zero attached hydrogens (tertiary/aromatic N) is 3. The number of rotatable bonds is 6. The normalized spacial score (nSPS) is 10.9. The van der Waals surface area contributed by atoms with Gasteiger partial charge in [-0.25, -0.2) is 9.67 Å². The van der Waals surface area contributed by atoms with E-state index in [0.29, 0.717) is 29.3 Å². The third kappa shape index (κ3) is 4.13. The maximum absolute atomic E-state index is 13.2. The molecule has 1 amide bonds. The second kappa shape index (κ2) is 9.19. The van der Waals surface area contributed by atoms with Crippen molar-refractivity contribution in [3.63, 3.8) is 0 Å². The lowest BCUT2D eigenvalue weighted by Gasteiger charge is -2.09. The maximum Gasteiger partial charge on any atom is 0.252 e. The molecule has 2 heterocycles. The fourth-order valence-electron chi connectivity index (χ4n) is 4.02. The summed E-state index contributed by atoms with van der Waals surface area (Å²) in [4.78, 5) is 17.6. The highest BCUT2D eigenvalue weighted by Crippen LogP contribution is 2.28. The zero-order chi connectivity index (χ0) is 23.5. The average Bonchev–Trinajstić information content (AvgIpc) is 3.48. The quantitative estimate of drug-likeness (QED) is 0.359. The molecular formula is C28H24N4O2. The molecule has 1 N–H and O–H groups in total. The fourth-order valence-corrected chi connectivity index (χ4v) is 4.02. The SMILES string of the molecule is Cc1nn(-c2ccccc2)c(C)c1CNC(=O)c1ccccc1-c1ncc(-c2ccccc2)o1. The molecule has 0 saturated carbocycles. The van der Waals surface area contributed by atoms with Gasteiger partial charge in [-0.3, -0.25) is 4.79 Å². The molecule has 0 atom stereocenters. The van der Waals surface area contributed by atoms with E-state index in [-0.39, 0.29) is 5.91 Å². The summed E-state index contributed by atoms with van der Waals surface area (Å²) in [5.41, 5.74) is 5.96. The van der Waals surface area contributed by atoms with E-state index < -0.39 is 0 Å². The molecule has 3 aromatic carbocycles. The van der Waals surface area contributed by atoms with E-state index in [1.165, 1.54) is 0 Å². The lowest BCUT2D eigenvalue weighted by atomic mass is 10.1. The Morgan fingerprint density at radius 3 is 2.35 bits per heavy atom. The van der Waals surface area contributed by atoms with Crippen molar-refractivity contribution >= 4 is 5.91 Å². The van der Waals surface area contributed by atoms with Crippen molar-refractivity contribution in [3.8, 4) is 28.5 Å². The molecule has 0 aliphatic heterocycles. The van der Waals surface area contributed by atoms with Gasteiger partial charge in [-0.05, 0) is 38.1 Å². The van der Waals surface area contributed by atoms with Crippen molar-refractivity contribution in [2.24, 2.45) is 0 Å². The number of aryl methyl sites for hydroxylation is 1. The second-order valence-corrected chi connectivity index (χ2v) is 8.02. The van der Waals surface area contributed by atoms with Crippen LogP contribution in [0.5, 0.6) is 0 Å². The summed E-state index contributed by atoms with van der Waals surface area (Å²) in [6.45, 7) is 4.35. The standard InChI is InChI=1S/C28H24N4O2/c1-19-25(20(2)32(31-19)22-13-7-4-8-14-22)17-29-27(33)23-15-9-10-16-24(23)28-30-18-26(34-28)21-11-5-3-6-12-21/h3-16,18H,17H2,1-2H3,(H,29,33). The van der Waals surface area contributed by atoms with E-state index in [1.807, 2.05) is 97.4 Å². The zero-order valence-electron chi connectivity index (χ0n) is 19.0. The highest BCUT2D eigenvalue weighted by Gasteiger charge is 2.19. The van der Waals surface area contributed by atoms with Crippen molar-refractivity contribution in [2.75, 3.05) is 0 Å². The van der Waals surface area contributed by atoms with Gasteiger partial charge >= 0.3 is 0 Å². The predicted molar refractivity (Wildman–Crippen MR) is 132 cm³/mol. The predicted octanol–water partition coefficient (Wildman–Crippen LogP) is 5.74. The summed E-state index contributed by atoms with van der Waals surface area (Å²) < 4.78 is 7.90. The lowest BCUT2D eigenvalue weighted by Crippen LogP contribution is -2.24. The first-order valence-electron chi connectivity index (χ1n) is 11.1. The van der Waals surface area contributed by atoms with Crippen LogP contribution in [0, 0.1) is 13.8 Å². The summed E-state index contributed by atoms with van der Waals surface area (Å²) in [6, 6.07) is 27.1. The maximum atomic E-state index is 13.2. The molecule has 34 heavy (non-hydrogen) atoms. The Labute approximate surface area is 197 Å². The van der Waals surface area contributed by atoms with Crippen LogP contribution < -0.4 is 5.32 Å². The molecule has 2 aromatic heterocycles. The van der Waals surface area contributed by atoms with Crippen molar-refractivity contribution in [1.82, 2.24) is 20.1 Å². The van der Waals surface area contributed by atoms with Crippen LogP contribution in [0.25, 0.3) is 28.5 Å². The minimum absolute atomic E-state index is 0.193. The molecule has 5 aromatic rings. The molecule has 0 aliphatic carbocycles. The van der Waals surface area contributed by atoms with Gasteiger partial charge in [-0.2, -0.15) is 5.10 Å². The second-order valence-electron chi connectivity index (χ2n) is 8.02. The highest BCUT2D eigenvalue weighted by molar-refractivity contribution is 6.00. The van der Waals surface area contributed by atoms with Crippen LogP contribution in [0.4, 0.5) is 0 Å². The minimum atomic E-state index is -0.193. The van der Waals surface area contributed by atoms with Crippen molar-refractivity contribution < 1.29 is 9.21 Å². The first-order chi connectivity index (χ1) is 16.6. The monoisotopic (exact) mass is 448 g/mol. The number of hydrogen-bond donors (Lipinski definition) is 1. The Hall–Kier alpha value is -4.45. The summed E-state index contributed by atoms with van der Waals surface area (Å²) in [6.07, 6.45) is 1.68. The Bertz CT molecular complexity index is 1440. The van der Waals surface area contributed by atoms with Crippen LogP contribution in [0.1, 0.15) is 27.3 Å². The Balaban J connectivity index is 1.38. The number of aromatic nitrogens is 3. The Kier molecular flexibility index (Phi) is 5.79. The van der Waals surface area contributed by atoms with Gasteiger partial charge in [0.25, 0.3) is 5.91 Å². The molecule has 0 unspecified atom stereocenters. The molecule has 6 heteroatoms. The summed E-state index contributed by atoms with van der Waals surface area (Å²) >= 11 is 0. The van der Waals surface area contributed by atoms with Gasteiger partial charge in [0, 0.05) is 28.9 Å². The van der Waals surface area contributed by atoms with Gasteiger partial charge in [-0.15, -0.1) is 0 Å². The van der Waals surface area contributed by atoms with E-state index in [2.05, 4.69) is 15.4 Å². The van der Waals surface area contributed by atoms with Crippen molar-refractivity contribution in [1.29, 1.82) is 0 Å². The number of benzene rings is 3. The third-order valence-corrected chi connectivity index (χ3v) is 5.83. The van der Waals surface area contributed by atoms with Gasteiger partial charge in [-0.1, -0.05) is 60.7 Å². The number of carbonyl (C=O) groups is 1. The first kappa shape index (κ1) is 21.4. The van der Waals surface area contributed by atoms with Crippen LogP contribution >= 0.6 is 0 Å². The van der Waals surface area contributed by atoms with E-state index >= 15 is 0 Å². The number of para-hydroxylation sites is 1. The van der Waals surface area contributed by atoms with Crippen LogP contribution in [0.3, 0.4) is 0 Å². The Morgan fingerprint density at radius 1 is 0.912 bits per heavy atom. The van der Waals surface area contributed by atoms with Crippen LogP contribution in [0.2, 0.25) is 0 Å². The van der Waals surface area contributed by atoms with E-state index in [0.717, 1.165) is 28.2 Å². The molecule has 0 fully saturated rings. The number of carbonyl (C=O) groups excluding carboxylic acids is 1. The van der Waals surface area contributed by atoms with Gasteiger partial charge < -0.3 is 9.73 Å². The number of oxazole rings is 1. The molecule has 0 bridgehead atoms. The molecule has 168 valence electrons. The fraction of sp³-hybridized carbons (Fsp3) is 0.107. The first-order valence-corrected chi connectivity index (χ1v) is 11.1. The molecule has 0 radical (unpaired) electrons. The number of nitrogens with one attached hydrogen (secondary N) is 1. The van der Waals surface area contributed by atoms with Gasteiger partial charge in [0.1, 0.15) is 0 Å². The molecule has 6 nitrogen and oxygen atoms in total. The molecule has 0 aliphatic rings. The summed E-state index contributed by atoms with van der Waals surface area (Å²) in [5.74, 6) is 0.876. The molecule has 5 rings (SSSR count). The van der Waals surface area contributed by atoms with Gasteiger partial charge in [0.15, 0.2) is 5.76 Å². The zero-order valence-corrected chi connectivity index (χ0v) is 19.0. The minimum Gasteiger partial charge on any atom is -0.436 e. The largest absolute Gasteiger partial charge is 0.436 e. The third-order valence-electron chi connectivity index (χ3n) is 5.83. The van der Waals surface area contributed by atoms with Crippen LogP contribution in [-0.4, -0.2) is 20.7 Å². The van der Waals surface area contributed by atoms with E-state index in [9.17, 15) is 4.79 Å². The average molecular weight is 449 g/mol. The molecule has 0 spiro atoms. The van der Waals surface area contributed by atoms with Gasteiger partial charge in [0.2, 0.25) is 5.89 Å². The van der Waals surface area contributed by atoms with Gasteiger partial charge in [0.05, 0.1) is 23.1 Å². The summed E-state index contributed by atoms with van der Waals surface area (Å²) in [5, 5.41) is 7.72. The van der Waals surface area contributed by atoms with Crippen LogP contribution in [0.15, 0.2) is 95.5 Å². The smallest absolute Gasteiger partial charge is 0.252 e. The molecule has 0 saturated heterocycles. The Morgan fingerprint density at radius 2 is 1.59 bits per heavy atom. The van der Waals surface area contributed by atoms with Crippen molar-refractivity contribution in [3.05, 3.63) is 114 Å². The van der Waals surface area contributed by atoms with Crippen molar-refractivity contribution in [2.45, 2.75) is 20.4 Å². The summed E-state index contributed by atoms with van der Waals surface area (Å²) in [7, 11) is 0. The topological polar surface area (TPSA) is 73.0 Å². The number of hydrogen-bond acceptors (Lipinski definition) is 4. The number of amides is 1. The van der Waals surface area contributed by atoms with Crippen LogP contribution in [-0.2, 0) is 6.54 Å². The van der Waals surface area contributed by atoms with E-state index in [4.69, 9.17) is 4.42 Å². The lowest BCUT2D eigenvalue weighted by molar-refractivity contribution is 0.0951.